The fourth-order valence-electron chi connectivity index (χ4n) is 1.34. The zero-order chi connectivity index (χ0) is 7.94. The first-order valence-electron chi connectivity index (χ1n) is 4.17. The molecule has 0 fully saturated rings. The van der Waals surface area contributed by atoms with Gasteiger partial charge in [-0.3, -0.25) is 4.79 Å². The lowest BCUT2D eigenvalue weighted by molar-refractivity contribution is -0.134. The SMILES string of the molecule is O=COC1CC/C=C\CCC1. The standard InChI is InChI=1S/C9H14O2/c10-8-11-9-6-4-2-1-3-5-7-9/h1-2,8-9H,3-7H2/b2-1-. The van der Waals surface area contributed by atoms with E-state index in [-0.39, 0.29) is 6.10 Å². The van der Waals surface area contributed by atoms with E-state index >= 15 is 0 Å². The summed E-state index contributed by atoms with van der Waals surface area (Å²) in [5.74, 6) is 0. The number of rotatable bonds is 2. The molecule has 2 heteroatoms. The molecule has 0 bridgehead atoms. The van der Waals surface area contributed by atoms with Crippen molar-refractivity contribution in [2.45, 2.75) is 38.2 Å². The van der Waals surface area contributed by atoms with Crippen molar-refractivity contribution in [2.24, 2.45) is 0 Å². The van der Waals surface area contributed by atoms with Crippen LogP contribution < -0.4 is 0 Å². The summed E-state index contributed by atoms with van der Waals surface area (Å²) in [5.41, 5.74) is 0. The Morgan fingerprint density at radius 2 is 2.09 bits per heavy atom. The van der Waals surface area contributed by atoms with Gasteiger partial charge >= 0.3 is 0 Å². The lowest BCUT2D eigenvalue weighted by atomic mass is 10.0. The van der Waals surface area contributed by atoms with E-state index in [1.807, 2.05) is 0 Å². The maximum absolute atomic E-state index is 10.0. The van der Waals surface area contributed by atoms with Crippen LogP contribution >= 0.6 is 0 Å². The molecule has 62 valence electrons. The minimum absolute atomic E-state index is 0.164. The summed E-state index contributed by atoms with van der Waals surface area (Å²) in [6.45, 7) is 0.565. The van der Waals surface area contributed by atoms with Crippen molar-refractivity contribution in [1.82, 2.24) is 0 Å². The molecular weight excluding hydrogens is 140 g/mol. The first kappa shape index (κ1) is 8.31. The van der Waals surface area contributed by atoms with Crippen LogP contribution in [0, 0.1) is 0 Å². The Balaban J connectivity index is 2.29. The first-order chi connectivity index (χ1) is 5.43. The van der Waals surface area contributed by atoms with Gasteiger partial charge in [-0.25, -0.2) is 0 Å². The quantitative estimate of drug-likeness (QED) is 0.449. The van der Waals surface area contributed by atoms with Gasteiger partial charge in [0.1, 0.15) is 6.10 Å². The summed E-state index contributed by atoms with van der Waals surface area (Å²) in [7, 11) is 0. The molecule has 0 spiro atoms. The summed E-state index contributed by atoms with van der Waals surface area (Å²) in [6.07, 6.45) is 9.83. The Hall–Kier alpha value is -0.790. The van der Waals surface area contributed by atoms with Crippen LogP contribution in [-0.4, -0.2) is 12.6 Å². The molecule has 0 aromatic carbocycles. The molecule has 0 heterocycles. The fourth-order valence-corrected chi connectivity index (χ4v) is 1.34. The van der Waals surface area contributed by atoms with Crippen molar-refractivity contribution >= 4 is 6.47 Å². The molecule has 1 aliphatic carbocycles. The number of carbonyl (C=O) groups excluding carboxylic acids is 1. The minimum atomic E-state index is 0.164. The largest absolute Gasteiger partial charge is 0.465 e. The highest BCUT2D eigenvalue weighted by Gasteiger charge is 2.08. The van der Waals surface area contributed by atoms with Crippen molar-refractivity contribution in [1.29, 1.82) is 0 Å². The Bertz CT molecular complexity index is 140. The molecule has 0 radical (unpaired) electrons. The van der Waals surface area contributed by atoms with Gasteiger partial charge in [-0.15, -0.1) is 0 Å². The van der Waals surface area contributed by atoms with Crippen LogP contribution in [0.3, 0.4) is 0 Å². The molecule has 0 amide bonds. The lowest BCUT2D eigenvalue weighted by Crippen LogP contribution is -2.12. The molecule has 1 unspecified atom stereocenters. The van der Waals surface area contributed by atoms with Crippen molar-refractivity contribution < 1.29 is 9.53 Å². The molecule has 0 aromatic heterocycles. The monoisotopic (exact) mass is 154 g/mol. The molecule has 1 atom stereocenters. The third kappa shape index (κ3) is 3.21. The highest BCUT2D eigenvalue weighted by Crippen LogP contribution is 2.14. The third-order valence-electron chi connectivity index (χ3n) is 1.97. The summed E-state index contributed by atoms with van der Waals surface area (Å²) in [5, 5.41) is 0. The van der Waals surface area contributed by atoms with Crippen LogP contribution in [0.2, 0.25) is 0 Å². The predicted octanol–water partition coefficient (Wildman–Crippen LogP) is 2.05. The van der Waals surface area contributed by atoms with E-state index < -0.39 is 0 Å². The molecule has 0 N–H and O–H groups in total. The smallest absolute Gasteiger partial charge is 0.293 e. The maximum Gasteiger partial charge on any atom is 0.293 e. The van der Waals surface area contributed by atoms with Crippen molar-refractivity contribution in [3.63, 3.8) is 0 Å². The molecule has 1 rings (SSSR count). The second kappa shape index (κ2) is 4.94. The average Bonchev–Trinajstić information content (AvgIpc) is 1.94. The number of carbonyl (C=O) groups is 1. The number of hydrogen-bond acceptors (Lipinski definition) is 2. The molecule has 2 nitrogen and oxygen atoms in total. The fraction of sp³-hybridized carbons (Fsp3) is 0.667. The number of allylic oxidation sites excluding steroid dienone is 2. The van der Waals surface area contributed by atoms with Gasteiger partial charge in [-0.05, 0) is 32.1 Å². The van der Waals surface area contributed by atoms with E-state index in [2.05, 4.69) is 12.2 Å². The zero-order valence-electron chi connectivity index (χ0n) is 6.66. The van der Waals surface area contributed by atoms with E-state index in [0.29, 0.717) is 6.47 Å². The average molecular weight is 154 g/mol. The Labute approximate surface area is 67.2 Å². The lowest BCUT2D eigenvalue weighted by Gasteiger charge is -2.14. The zero-order valence-corrected chi connectivity index (χ0v) is 6.66. The van der Waals surface area contributed by atoms with Crippen molar-refractivity contribution in [3.05, 3.63) is 12.2 Å². The van der Waals surface area contributed by atoms with Gasteiger partial charge in [0.05, 0.1) is 0 Å². The normalized spacial score (nSPS) is 28.2. The summed E-state index contributed by atoms with van der Waals surface area (Å²) < 4.78 is 4.90. The predicted molar refractivity (Wildman–Crippen MR) is 43.2 cm³/mol. The summed E-state index contributed by atoms with van der Waals surface area (Å²) in [6, 6.07) is 0. The van der Waals surface area contributed by atoms with Crippen LogP contribution in [0.1, 0.15) is 32.1 Å². The van der Waals surface area contributed by atoms with Crippen LogP contribution in [0.5, 0.6) is 0 Å². The van der Waals surface area contributed by atoms with Crippen LogP contribution in [0.25, 0.3) is 0 Å². The Morgan fingerprint density at radius 3 is 2.91 bits per heavy atom. The molecule has 0 aromatic rings. The van der Waals surface area contributed by atoms with Gasteiger partial charge in [0.15, 0.2) is 0 Å². The van der Waals surface area contributed by atoms with Crippen molar-refractivity contribution in [2.75, 3.05) is 0 Å². The molecule has 1 aliphatic rings. The van der Waals surface area contributed by atoms with E-state index in [1.54, 1.807) is 0 Å². The Morgan fingerprint density at radius 1 is 1.27 bits per heavy atom. The molecule has 0 saturated carbocycles. The van der Waals surface area contributed by atoms with Gasteiger partial charge in [0.25, 0.3) is 6.47 Å². The van der Waals surface area contributed by atoms with Crippen LogP contribution in [0.15, 0.2) is 12.2 Å². The third-order valence-corrected chi connectivity index (χ3v) is 1.97. The van der Waals surface area contributed by atoms with Crippen LogP contribution in [-0.2, 0) is 9.53 Å². The maximum atomic E-state index is 10.0. The number of hydrogen-bond donors (Lipinski definition) is 0. The van der Waals surface area contributed by atoms with Gasteiger partial charge in [-0.1, -0.05) is 12.2 Å². The molecular formula is C9H14O2. The van der Waals surface area contributed by atoms with Gasteiger partial charge in [0.2, 0.25) is 0 Å². The molecule has 11 heavy (non-hydrogen) atoms. The minimum Gasteiger partial charge on any atom is -0.465 e. The number of ether oxygens (including phenoxy) is 1. The second-order valence-electron chi connectivity index (χ2n) is 2.83. The van der Waals surface area contributed by atoms with E-state index in [1.165, 1.54) is 0 Å². The van der Waals surface area contributed by atoms with E-state index in [9.17, 15) is 4.79 Å². The highest BCUT2D eigenvalue weighted by molar-refractivity contribution is 5.37. The van der Waals surface area contributed by atoms with Gasteiger partial charge in [-0.2, -0.15) is 0 Å². The molecule has 0 aliphatic heterocycles. The topological polar surface area (TPSA) is 26.3 Å². The first-order valence-corrected chi connectivity index (χ1v) is 4.17. The van der Waals surface area contributed by atoms with E-state index in [4.69, 9.17) is 4.74 Å². The summed E-state index contributed by atoms with van der Waals surface area (Å²) in [4.78, 5) is 10.0. The summed E-state index contributed by atoms with van der Waals surface area (Å²) >= 11 is 0. The second-order valence-corrected chi connectivity index (χ2v) is 2.83. The van der Waals surface area contributed by atoms with Crippen LogP contribution in [0.4, 0.5) is 0 Å². The molecule has 0 saturated heterocycles. The van der Waals surface area contributed by atoms with Gasteiger partial charge < -0.3 is 4.74 Å². The van der Waals surface area contributed by atoms with E-state index in [0.717, 1.165) is 32.1 Å². The van der Waals surface area contributed by atoms with Gasteiger partial charge in [0, 0.05) is 0 Å². The Kier molecular flexibility index (Phi) is 3.73. The highest BCUT2D eigenvalue weighted by atomic mass is 16.5. The van der Waals surface area contributed by atoms with Crippen molar-refractivity contribution in [3.8, 4) is 0 Å².